The fraction of sp³-hybridized carbons (Fsp3) is 0.300. The Balaban J connectivity index is 1.67. The number of rotatable bonds is 4. The summed E-state index contributed by atoms with van der Waals surface area (Å²) in [4.78, 5) is 4.49. The van der Waals surface area contributed by atoms with Gasteiger partial charge in [-0.15, -0.1) is 0 Å². The Bertz CT molecular complexity index is 819. The highest BCUT2D eigenvalue weighted by atomic mass is 32.2. The third-order valence-electron chi connectivity index (χ3n) is 4.46. The number of pyridine rings is 1. The first-order valence-corrected chi connectivity index (χ1v) is 9.49. The zero-order valence-electron chi connectivity index (χ0n) is 14.4. The smallest absolute Gasteiger partial charge is 0.173 e. The van der Waals surface area contributed by atoms with E-state index < -0.39 is 0 Å². The van der Waals surface area contributed by atoms with Crippen LogP contribution < -0.4 is 0 Å². The van der Waals surface area contributed by atoms with Crippen LogP contribution in [0.5, 0.6) is 0 Å². The summed E-state index contributed by atoms with van der Waals surface area (Å²) in [5, 5.41) is 7.62. The lowest BCUT2D eigenvalue weighted by Gasteiger charge is -2.27. The van der Waals surface area contributed by atoms with E-state index in [1.165, 1.54) is 0 Å². The van der Waals surface area contributed by atoms with Gasteiger partial charge in [0.2, 0.25) is 0 Å². The predicted octanol–water partition coefficient (Wildman–Crippen LogP) is 4.32. The van der Waals surface area contributed by atoms with E-state index in [-0.39, 0.29) is 6.10 Å². The zero-order valence-corrected chi connectivity index (χ0v) is 15.2. The molecule has 0 bridgehead atoms. The number of hydrazone groups is 1. The molecule has 4 nitrogen and oxygen atoms in total. The summed E-state index contributed by atoms with van der Waals surface area (Å²) in [7, 11) is 1.99. The Hall–Kier alpha value is -2.27. The van der Waals surface area contributed by atoms with Gasteiger partial charge in [0, 0.05) is 24.9 Å². The van der Waals surface area contributed by atoms with E-state index >= 15 is 0 Å². The van der Waals surface area contributed by atoms with Crippen molar-refractivity contribution in [3.05, 3.63) is 71.2 Å². The topological polar surface area (TPSA) is 37.7 Å². The summed E-state index contributed by atoms with van der Waals surface area (Å²) in [5.74, 6) is 2.18. The van der Waals surface area contributed by atoms with Gasteiger partial charge >= 0.3 is 0 Å². The van der Waals surface area contributed by atoms with Gasteiger partial charge in [0.25, 0.3) is 0 Å². The van der Waals surface area contributed by atoms with Crippen LogP contribution in [0.15, 0.2) is 59.5 Å². The first kappa shape index (κ1) is 16.2. The molecule has 2 atom stereocenters. The van der Waals surface area contributed by atoms with Crippen molar-refractivity contribution in [3.8, 4) is 0 Å². The van der Waals surface area contributed by atoms with Crippen molar-refractivity contribution in [1.82, 2.24) is 9.99 Å². The first-order chi connectivity index (χ1) is 12.2. The van der Waals surface area contributed by atoms with Crippen LogP contribution in [0.3, 0.4) is 0 Å². The summed E-state index contributed by atoms with van der Waals surface area (Å²) in [6.07, 6.45) is 4.74. The lowest BCUT2D eigenvalue weighted by Crippen LogP contribution is -2.19. The van der Waals surface area contributed by atoms with Gasteiger partial charge in [0.1, 0.15) is 10.8 Å². The van der Waals surface area contributed by atoms with E-state index in [0.717, 1.165) is 39.9 Å². The van der Waals surface area contributed by atoms with Gasteiger partial charge in [-0.25, -0.2) is 0 Å². The Kier molecular flexibility index (Phi) is 4.49. The molecule has 0 fully saturated rings. The number of ether oxygens (including phenoxy) is 1. The summed E-state index contributed by atoms with van der Waals surface area (Å²) in [5.41, 5.74) is 3.43. The first-order valence-electron chi connectivity index (χ1n) is 8.50. The van der Waals surface area contributed by atoms with E-state index in [0.29, 0.717) is 5.92 Å². The molecule has 1 aliphatic carbocycles. The average molecular weight is 351 g/mol. The summed E-state index contributed by atoms with van der Waals surface area (Å²) in [6, 6.07) is 14.4. The van der Waals surface area contributed by atoms with Gasteiger partial charge in [-0.05, 0) is 29.7 Å². The van der Waals surface area contributed by atoms with E-state index in [2.05, 4.69) is 41.3 Å². The number of nitrogens with zero attached hydrogens (tertiary/aromatic N) is 3. The van der Waals surface area contributed by atoms with Gasteiger partial charge in [0.15, 0.2) is 6.10 Å². The second kappa shape index (κ2) is 6.92. The second-order valence-corrected chi connectivity index (χ2v) is 7.43. The molecule has 0 spiro atoms. The number of thioether (sulfide) groups is 1. The molecule has 4 rings (SSSR count). The fourth-order valence-electron chi connectivity index (χ4n) is 3.13. The largest absolute Gasteiger partial charge is 0.483 e. The third-order valence-corrected chi connectivity index (χ3v) is 5.55. The Morgan fingerprint density at radius 2 is 2.04 bits per heavy atom. The van der Waals surface area contributed by atoms with Gasteiger partial charge in [0.05, 0.1) is 5.88 Å². The van der Waals surface area contributed by atoms with Crippen molar-refractivity contribution >= 4 is 22.9 Å². The molecule has 0 saturated heterocycles. The Morgan fingerprint density at radius 1 is 1.20 bits per heavy atom. The number of allylic oxidation sites excluding steroid dienone is 1. The summed E-state index contributed by atoms with van der Waals surface area (Å²) in [6.45, 7) is 2.20. The predicted molar refractivity (Wildman–Crippen MR) is 103 cm³/mol. The van der Waals surface area contributed by atoms with E-state index in [9.17, 15) is 0 Å². The normalized spacial score (nSPS) is 20.6. The van der Waals surface area contributed by atoms with Crippen LogP contribution >= 0.6 is 11.8 Å². The number of fused-ring (bicyclic) bond motifs is 1. The molecular formula is C20H21N3OS. The van der Waals surface area contributed by atoms with Crippen LogP contribution in [0.4, 0.5) is 0 Å². The summed E-state index contributed by atoms with van der Waals surface area (Å²) < 4.78 is 6.53. The van der Waals surface area contributed by atoms with Gasteiger partial charge in [-0.2, -0.15) is 5.10 Å². The highest BCUT2D eigenvalue weighted by Gasteiger charge is 2.29. The molecule has 2 unspecified atom stereocenters. The molecule has 128 valence electrons. The third kappa shape index (κ3) is 3.42. The molecule has 25 heavy (non-hydrogen) atoms. The Labute approximate surface area is 152 Å². The fourth-order valence-corrected chi connectivity index (χ4v) is 4.04. The molecular weight excluding hydrogens is 330 g/mol. The maximum absolute atomic E-state index is 6.53. The van der Waals surface area contributed by atoms with E-state index in [1.54, 1.807) is 11.8 Å². The van der Waals surface area contributed by atoms with Crippen molar-refractivity contribution in [1.29, 1.82) is 0 Å². The van der Waals surface area contributed by atoms with Crippen LogP contribution in [-0.4, -0.2) is 28.0 Å². The number of hydrogen-bond donors (Lipinski definition) is 0. The minimum Gasteiger partial charge on any atom is -0.483 e. The van der Waals surface area contributed by atoms with Gasteiger partial charge in [-0.3, -0.25) is 9.99 Å². The SMILES string of the molecule is CC1Cc2ncccc2C=C1OC(C1=NN(C)CS1)c1ccccc1. The molecule has 2 heterocycles. The maximum Gasteiger partial charge on any atom is 0.173 e. The highest BCUT2D eigenvalue weighted by molar-refractivity contribution is 8.14. The summed E-state index contributed by atoms with van der Waals surface area (Å²) >= 11 is 1.74. The standard InChI is InChI=1S/C20H21N3OS/c1-14-11-17-16(9-6-10-21-17)12-18(14)24-19(15-7-4-3-5-8-15)20-22-23(2)13-25-20/h3-10,12,14,19H,11,13H2,1-2H3. The van der Waals surface area contributed by atoms with Gasteiger partial charge < -0.3 is 4.74 Å². The van der Waals surface area contributed by atoms with Crippen molar-refractivity contribution in [2.75, 3.05) is 12.9 Å². The molecule has 0 saturated carbocycles. The van der Waals surface area contributed by atoms with Crippen LogP contribution in [-0.2, 0) is 11.2 Å². The molecule has 2 aliphatic rings. The highest BCUT2D eigenvalue weighted by Crippen LogP contribution is 2.36. The van der Waals surface area contributed by atoms with Crippen LogP contribution in [0.25, 0.3) is 6.08 Å². The lowest BCUT2D eigenvalue weighted by atomic mass is 9.93. The van der Waals surface area contributed by atoms with Crippen LogP contribution in [0.1, 0.15) is 29.8 Å². The quantitative estimate of drug-likeness (QED) is 0.822. The monoisotopic (exact) mass is 351 g/mol. The van der Waals surface area contributed by atoms with Crippen LogP contribution in [0.2, 0.25) is 0 Å². The second-order valence-electron chi connectivity index (χ2n) is 6.47. The molecule has 0 radical (unpaired) electrons. The number of hydrogen-bond acceptors (Lipinski definition) is 5. The molecule has 5 heteroatoms. The molecule has 1 aliphatic heterocycles. The lowest BCUT2D eigenvalue weighted by molar-refractivity contribution is 0.147. The molecule has 1 aromatic carbocycles. The minimum atomic E-state index is -0.164. The molecule has 0 N–H and O–H groups in total. The van der Waals surface area contributed by atoms with E-state index in [1.807, 2.05) is 42.5 Å². The minimum absolute atomic E-state index is 0.164. The van der Waals surface area contributed by atoms with Crippen molar-refractivity contribution in [2.24, 2.45) is 11.0 Å². The molecule has 1 aromatic heterocycles. The van der Waals surface area contributed by atoms with Crippen molar-refractivity contribution in [3.63, 3.8) is 0 Å². The van der Waals surface area contributed by atoms with Crippen LogP contribution in [0, 0.1) is 5.92 Å². The van der Waals surface area contributed by atoms with Gasteiger partial charge in [-0.1, -0.05) is 55.1 Å². The van der Waals surface area contributed by atoms with E-state index in [4.69, 9.17) is 4.74 Å². The van der Waals surface area contributed by atoms with Crippen molar-refractivity contribution < 1.29 is 4.74 Å². The number of aromatic nitrogens is 1. The maximum atomic E-state index is 6.53. The molecule has 0 amide bonds. The van der Waals surface area contributed by atoms with Crippen molar-refractivity contribution in [2.45, 2.75) is 19.4 Å². The number of benzene rings is 1. The zero-order chi connectivity index (χ0) is 17.2. The average Bonchev–Trinajstić information content (AvgIpc) is 3.06. The Morgan fingerprint density at radius 3 is 2.80 bits per heavy atom. The molecule has 2 aromatic rings.